The normalized spacial score (nSPS) is 14.9. The number of rotatable bonds is 9. The van der Waals surface area contributed by atoms with Crippen LogP contribution >= 0.6 is 0 Å². The van der Waals surface area contributed by atoms with Gasteiger partial charge in [-0.15, -0.1) is 0 Å². The third-order valence-corrected chi connectivity index (χ3v) is 7.83. The molecule has 220 valence electrons. The first-order valence-electron chi connectivity index (χ1n) is 12.7. The minimum Gasteiger partial charge on any atom is -0.365 e. The fourth-order valence-electron chi connectivity index (χ4n) is 4.23. The van der Waals surface area contributed by atoms with Crippen molar-refractivity contribution in [2.45, 2.75) is 31.6 Å². The highest BCUT2D eigenvalue weighted by atomic mass is 32.2. The number of sulfonamides is 1. The highest BCUT2D eigenvalue weighted by molar-refractivity contribution is 7.92. The molecule has 0 unspecified atom stereocenters. The number of nitrogens with zero attached hydrogens (tertiary/aromatic N) is 5. The number of hydrogen-bond acceptors (Lipinski definition) is 9. The summed E-state index contributed by atoms with van der Waals surface area (Å²) in [5.41, 5.74) is 0.175. The lowest BCUT2D eigenvalue weighted by molar-refractivity contribution is -0.137. The third-order valence-electron chi connectivity index (χ3n) is 6.66. The van der Waals surface area contributed by atoms with E-state index in [-0.39, 0.29) is 30.3 Å². The van der Waals surface area contributed by atoms with E-state index in [1.54, 1.807) is 36.4 Å². The molecule has 1 amide bonds. The summed E-state index contributed by atoms with van der Waals surface area (Å²) in [5, 5.41) is 8.54. The van der Waals surface area contributed by atoms with Gasteiger partial charge in [-0.1, -0.05) is 6.07 Å². The molecule has 3 heterocycles. The first kappa shape index (κ1) is 30.0. The van der Waals surface area contributed by atoms with Crippen LogP contribution in [0, 0.1) is 0 Å². The van der Waals surface area contributed by atoms with E-state index in [4.69, 9.17) is 0 Å². The zero-order valence-electron chi connectivity index (χ0n) is 22.7. The van der Waals surface area contributed by atoms with Crippen LogP contribution in [0.2, 0.25) is 0 Å². The van der Waals surface area contributed by atoms with Crippen molar-refractivity contribution in [3.8, 4) is 0 Å². The minimum atomic E-state index is -4.75. The van der Waals surface area contributed by atoms with Gasteiger partial charge >= 0.3 is 6.18 Å². The number of anilines is 4. The molecule has 0 spiro atoms. The SMILES string of the molecule is CN1CCC(NC(=O)c2ccc(Nc3ncc(C(F)(F)F)c(NCc4cccnc4N(C)S(C)(=O)=O)n3)cc2)CC1. The van der Waals surface area contributed by atoms with Gasteiger partial charge in [0.25, 0.3) is 5.91 Å². The Morgan fingerprint density at radius 3 is 2.44 bits per heavy atom. The molecule has 0 radical (unpaired) electrons. The molecule has 11 nitrogen and oxygen atoms in total. The lowest BCUT2D eigenvalue weighted by atomic mass is 10.0. The average Bonchev–Trinajstić information content (AvgIpc) is 2.92. The van der Waals surface area contributed by atoms with E-state index in [9.17, 15) is 26.4 Å². The molecular weight excluding hydrogens is 561 g/mol. The maximum absolute atomic E-state index is 13.7. The number of hydrogen-bond donors (Lipinski definition) is 3. The summed E-state index contributed by atoms with van der Waals surface area (Å²) in [7, 11) is -0.305. The van der Waals surface area contributed by atoms with Crippen molar-refractivity contribution in [2.75, 3.05) is 48.4 Å². The maximum Gasteiger partial charge on any atom is 0.421 e. The Morgan fingerprint density at radius 1 is 1.12 bits per heavy atom. The third kappa shape index (κ3) is 7.82. The van der Waals surface area contributed by atoms with Crippen LogP contribution in [0.4, 0.5) is 36.4 Å². The summed E-state index contributed by atoms with van der Waals surface area (Å²) >= 11 is 0. The van der Waals surface area contributed by atoms with E-state index < -0.39 is 27.6 Å². The number of aromatic nitrogens is 3. The molecule has 0 atom stereocenters. The number of piperidine rings is 1. The number of benzene rings is 1. The molecule has 2 aromatic heterocycles. The van der Waals surface area contributed by atoms with E-state index in [0.717, 1.165) is 36.5 Å². The molecule has 0 aliphatic carbocycles. The summed E-state index contributed by atoms with van der Waals surface area (Å²) in [6.07, 6.45) is 0.0500. The van der Waals surface area contributed by atoms with Crippen LogP contribution in [0.5, 0.6) is 0 Å². The van der Waals surface area contributed by atoms with Gasteiger partial charge in [-0.3, -0.25) is 9.10 Å². The monoisotopic (exact) mass is 592 g/mol. The van der Waals surface area contributed by atoms with Crippen molar-refractivity contribution in [1.29, 1.82) is 0 Å². The van der Waals surface area contributed by atoms with Crippen LogP contribution in [0.3, 0.4) is 0 Å². The standard InChI is InChI=1S/C26H31F3N8O3S/c1-36-13-10-20(11-14-36)33-24(38)17-6-8-19(9-7-17)34-25-32-16-21(26(27,28)29)22(35-25)31-15-18-5-4-12-30-23(18)37(2)41(3,39)40/h4-9,12,16,20H,10-11,13-15H2,1-3H3,(H,33,38)(H2,31,32,34,35). The molecule has 1 fully saturated rings. The Labute approximate surface area is 236 Å². The lowest BCUT2D eigenvalue weighted by Gasteiger charge is -2.29. The van der Waals surface area contributed by atoms with Crippen molar-refractivity contribution >= 4 is 39.2 Å². The Morgan fingerprint density at radius 2 is 1.80 bits per heavy atom. The number of alkyl halides is 3. The zero-order chi connectivity index (χ0) is 29.8. The second kappa shape index (κ2) is 12.3. The van der Waals surface area contributed by atoms with Crippen LogP contribution < -0.4 is 20.3 Å². The van der Waals surface area contributed by atoms with Crippen molar-refractivity contribution in [2.24, 2.45) is 0 Å². The molecule has 0 bridgehead atoms. The van der Waals surface area contributed by atoms with Gasteiger partial charge in [0.2, 0.25) is 16.0 Å². The van der Waals surface area contributed by atoms with Gasteiger partial charge in [0, 0.05) is 48.8 Å². The van der Waals surface area contributed by atoms with Crippen LogP contribution in [-0.4, -0.2) is 73.7 Å². The van der Waals surface area contributed by atoms with Gasteiger partial charge in [0.15, 0.2) is 0 Å². The predicted molar refractivity (Wildman–Crippen MR) is 150 cm³/mol. The van der Waals surface area contributed by atoms with E-state index in [2.05, 4.69) is 35.8 Å². The van der Waals surface area contributed by atoms with Gasteiger partial charge in [0.1, 0.15) is 17.2 Å². The Balaban J connectivity index is 1.48. The Kier molecular flexibility index (Phi) is 8.97. The molecular formula is C26H31F3N8O3S. The molecule has 1 aliphatic heterocycles. The summed E-state index contributed by atoms with van der Waals surface area (Å²) in [4.78, 5) is 26.7. The quantitative estimate of drug-likeness (QED) is 0.342. The summed E-state index contributed by atoms with van der Waals surface area (Å²) in [6, 6.07) is 9.65. The smallest absolute Gasteiger partial charge is 0.365 e. The molecule has 3 N–H and O–H groups in total. The van der Waals surface area contributed by atoms with Crippen molar-refractivity contribution in [1.82, 2.24) is 25.2 Å². The summed E-state index contributed by atoms with van der Waals surface area (Å²) < 4.78 is 66.1. The van der Waals surface area contributed by atoms with Gasteiger partial charge in [-0.2, -0.15) is 18.2 Å². The topological polar surface area (TPSA) is 132 Å². The molecule has 0 saturated carbocycles. The molecule has 1 aromatic carbocycles. The first-order valence-corrected chi connectivity index (χ1v) is 14.6. The number of nitrogens with one attached hydrogen (secondary N) is 3. The minimum absolute atomic E-state index is 0.0726. The fourth-order valence-corrected chi connectivity index (χ4v) is 4.71. The number of pyridine rings is 1. The number of likely N-dealkylation sites (tertiary alicyclic amines) is 1. The molecule has 41 heavy (non-hydrogen) atoms. The van der Waals surface area contributed by atoms with Crippen LogP contribution in [0.15, 0.2) is 48.8 Å². The Hall–Kier alpha value is -3.98. The molecule has 1 aliphatic rings. The van der Waals surface area contributed by atoms with Crippen LogP contribution in [0.25, 0.3) is 0 Å². The van der Waals surface area contributed by atoms with E-state index in [0.29, 0.717) is 23.0 Å². The largest absolute Gasteiger partial charge is 0.421 e. The molecule has 3 aromatic rings. The highest BCUT2D eigenvalue weighted by Crippen LogP contribution is 2.34. The van der Waals surface area contributed by atoms with E-state index in [1.165, 1.54) is 13.2 Å². The predicted octanol–water partition coefficient (Wildman–Crippen LogP) is 3.47. The van der Waals surface area contributed by atoms with Gasteiger partial charge in [-0.05, 0) is 63.3 Å². The van der Waals surface area contributed by atoms with Gasteiger partial charge < -0.3 is 20.9 Å². The maximum atomic E-state index is 13.7. The van der Waals surface area contributed by atoms with Crippen molar-refractivity contribution in [3.63, 3.8) is 0 Å². The number of halogens is 3. The van der Waals surface area contributed by atoms with Gasteiger partial charge in [0.05, 0.1) is 6.26 Å². The second-order valence-electron chi connectivity index (χ2n) is 9.78. The second-order valence-corrected chi connectivity index (χ2v) is 11.8. The van der Waals surface area contributed by atoms with E-state index >= 15 is 0 Å². The van der Waals surface area contributed by atoms with Crippen LogP contribution in [0.1, 0.15) is 34.3 Å². The summed E-state index contributed by atoms with van der Waals surface area (Å²) in [5.74, 6) is -0.729. The summed E-state index contributed by atoms with van der Waals surface area (Å²) in [6.45, 7) is 1.64. The lowest BCUT2D eigenvalue weighted by Crippen LogP contribution is -2.43. The van der Waals surface area contributed by atoms with Gasteiger partial charge in [-0.25, -0.2) is 18.4 Å². The zero-order valence-corrected chi connectivity index (χ0v) is 23.6. The average molecular weight is 593 g/mol. The van der Waals surface area contributed by atoms with Crippen molar-refractivity contribution in [3.05, 3.63) is 65.5 Å². The van der Waals surface area contributed by atoms with Crippen LogP contribution in [-0.2, 0) is 22.7 Å². The molecule has 1 saturated heterocycles. The highest BCUT2D eigenvalue weighted by Gasteiger charge is 2.35. The molecule has 15 heteroatoms. The fraction of sp³-hybridized carbons (Fsp3) is 0.385. The Bertz CT molecular complexity index is 1480. The molecule has 4 rings (SSSR count). The van der Waals surface area contributed by atoms with Crippen molar-refractivity contribution < 1.29 is 26.4 Å². The van der Waals surface area contributed by atoms with E-state index in [1.807, 2.05) is 7.05 Å². The number of carbonyl (C=O) groups excluding carboxylic acids is 1. The number of amides is 1. The number of carbonyl (C=O) groups is 1. The first-order chi connectivity index (χ1) is 19.3.